The monoisotopic (exact) mass is 151 g/mol. The van der Waals surface area contributed by atoms with Crippen molar-refractivity contribution in [2.24, 2.45) is 0 Å². The zero-order chi connectivity index (χ0) is 8.10. The fourth-order valence-corrected chi connectivity index (χ4v) is 1.04. The minimum atomic E-state index is 0.189. The Balaban J connectivity index is 2.37. The molecule has 1 aliphatic heterocycles. The van der Waals surface area contributed by atoms with Gasteiger partial charge in [0.1, 0.15) is 0 Å². The van der Waals surface area contributed by atoms with Gasteiger partial charge in [-0.05, 0) is 12.8 Å². The number of amides is 1. The lowest BCUT2D eigenvalue weighted by atomic mass is 10.3. The summed E-state index contributed by atoms with van der Waals surface area (Å²) >= 11 is 0. The van der Waals surface area contributed by atoms with Gasteiger partial charge < -0.3 is 0 Å². The van der Waals surface area contributed by atoms with Crippen LogP contribution in [-0.2, 0) is 4.79 Å². The number of nitrogens with zero attached hydrogens (tertiary/aromatic N) is 1. The summed E-state index contributed by atoms with van der Waals surface area (Å²) in [6, 6.07) is 2.87. The Labute approximate surface area is 67.6 Å². The molecule has 0 unspecified atom stereocenters. The van der Waals surface area contributed by atoms with Crippen molar-refractivity contribution in [3.63, 3.8) is 0 Å². The van der Waals surface area contributed by atoms with Gasteiger partial charge in [-0.3, -0.25) is 9.69 Å². The topological polar surface area (TPSA) is 20.3 Å². The second-order valence-electron chi connectivity index (χ2n) is 2.69. The van der Waals surface area contributed by atoms with Crippen LogP contribution in [0.25, 0.3) is 0 Å². The molecule has 2 heteroatoms. The number of carbonyl (C=O) groups is 1. The van der Waals surface area contributed by atoms with Gasteiger partial charge >= 0.3 is 0 Å². The summed E-state index contributed by atoms with van der Waals surface area (Å²) in [7, 11) is 0. The van der Waals surface area contributed by atoms with Gasteiger partial charge in [-0.2, -0.15) is 0 Å². The first-order valence-corrected chi connectivity index (χ1v) is 4.13. The molecule has 0 radical (unpaired) electrons. The maximum atomic E-state index is 11.0. The molecule has 0 aliphatic carbocycles. The number of hydrogen-bond donors (Lipinski definition) is 0. The smallest absolute Gasteiger partial charge is 0.234 e. The summed E-state index contributed by atoms with van der Waals surface area (Å²) in [4.78, 5) is 12.6. The molecule has 0 atom stereocenters. The van der Waals surface area contributed by atoms with E-state index in [-0.39, 0.29) is 5.91 Å². The van der Waals surface area contributed by atoms with Crippen molar-refractivity contribution in [2.45, 2.75) is 32.6 Å². The summed E-state index contributed by atoms with van der Waals surface area (Å²) < 4.78 is 0. The van der Waals surface area contributed by atoms with E-state index < -0.39 is 0 Å². The van der Waals surface area contributed by atoms with E-state index in [9.17, 15) is 4.79 Å². The maximum Gasteiger partial charge on any atom is 0.234 e. The Morgan fingerprint density at radius 3 is 3.00 bits per heavy atom. The second-order valence-corrected chi connectivity index (χ2v) is 2.69. The molecular weight excluding hydrogens is 138 g/mol. The molecule has 1 saturated heterocycles. The standard InChI is InChI=1S/C9H13NO/c1-2-3-4-7-10-8-5-6-9(10)11/h2-3,5-6,8H2,1H3. The number of likely N-dealkylation sites (tertiary alicyclic amines) is 1. The molecule has 0 saturated carbocycles. The van der Waals surface area contributed by atoms with Crippen molar-refractivity contribution in [1.29, 1.82) is 0 Å². The third kappa shape index (κ3) is 2.27. The van der Waals surface area contributed by atoms with Crippen LogP contribution in [0.2, 0.25) is 0 Å². The van der Waals surface area contributed by atoms with Crippen molar-refractivity contribution in [1.82, 2.24) is 4.90 Å². The highest BCUT2D eigenvalue weighted by atomic mass is 16.2. The van der Waals surface area contributed by atoms with Gasteiger partial charge in [-0.15, -0.1) is 0 Å². The van der Waals surface area contributed by atoms with Crippen LogP contribution in [0, 0.1) is 12.0 Å². The van der Waals surface area contributed by atoms with Gasteiger partial charge in [0.2, 0.25) is 5.91 Å². The summed E-state index contributed by atoms with van der Waals surface area (Å²) in [5.74, 6) is 3.15. The summed E-state index contributed by atoms with van der Waals surface area (Å²) in [6.07, 6.45) is 3.61. The lowest BCUT2D eigenvalue weighted by Crippen LogP contribution is -2.17. The Morgan fingerprint density at radius 1 is 1.64 bits per heavy atom. The highest BCUT2D eigenvalue weighted by molar-refractivity contribution is 5.79. The van der Waals surface area contributed by atoms with Gasteiger partial charge in [0.15, 0.2) is 0 Å². The first kappa shape index (κ1) is 8.13. The molecule has 0 bridgehead atoms. The Morgan fingerprint density at radius 2 is 2.45 bits per heavy atom. The molecule has 1 fully saturated rings. The molecule has 1 rings (SSSR count). The van der Waals surface area contributed by atoms with Crippen LogP contribution < -0.4 is 0 Å². The van der Waals surface area contributed by atoms with Crippen LogP contribution in [0.5, 0.6) is 0 Å². The van der Waals surface area contributed by atoms with Gasteiger partial charge in [-0.25, -0.2) is 0 Å². The zero-order valence-corrected chi connectivity index (χ0v) is 6.89. The highest BCUT2D eigenvalue weighted by Gasteiger charge is 2.17. The van der Waals surface area contributed by atoms with Crippen molar-refractivity contribution >= 4 is 5.91 Å². The van der Waals surface area contributed by atoms with E-state index in [1.807, 2.05) is 0 Å². The third-order valence-electron chi connectivity index (χ3n) is 1.66. The van der Waals surface area contributed by atoms with E-state index in [1.165, 1.54) is 0 Å². The lowest BCUT2D eigenvalue weighted by Gasteiger charge is -2.02. The SMILES string of the molecule is CCCC#CN1CCCC1=O. The van der Waals surface area contributed by atoms with Crippen LogP contribution in [0.1, 0.15) is 32.6 Å². The van der Waals surface area contributed by atoms with E-state index >= 15 is 0 Å². The molecule has 2 nitrogen and oxygen atoms in total. The minimum absolute atomic E-state index is 0.189. The van der Waals surface area contributed by atoms with Crippen LogP contribution in [0.4, 0.5) is 0 Å². The number of unbranched alkanes of at least 4 members (excludes halogenated alkanes) is 1. The first-order valence-electron chi connectivity index (χ1n) is 4.13. The quantitative estimate of drug-likeness (QED) is 0.518. The largest absolute Gasteiger partial charge is 0.274 e. The fraction of sp³-hybridized carbons (Fsp3) is 0.667. The van der Waals surface area contributed by atoms with Crippen LogP contribution in [-0.4, -0.2) is 17.4 Å². The molecule has 0 N–H and O–H groups in total. The molecule has 11 heavy (non-hydrogen) atoms. The molecule has 1 aliphatic rings. The molecule has 60 valence electrons. The lowest BCUT2D eigenvalue weighted by molar-refractivity contribution is -0.124. The second kappa shape index (κ2) is 4.02. The molecule has 0 aromatic heterocycles. The van der Waals surface area contributed by atoms with Gasteiger partial charge in [0, 0.05) is 25.4 Å². The van der Waals surface area contributed by atoms with Crippen molar-refractivity contribution in [2.75, 3.05) is 6.54 Å². The molecule has 0 aromatic rings. The normalized spacial score (nSPS) is 16.5. The van der Waals surface area contributed by atoms with Gasteiger partial charge in [0.05, 0.1) is 0 Å². The third-order valence-corrected chi connectivity index (χ3v) is 1.66. The summed E-state index contributed by atoms with van der Waals surface area (Å²) in [6.45, 7) is 2.91. The van der Waals surface area contributed by atoms with E-state index in [1.54, 1.807) is 4.90 Å². The maximum absolute atomic E-state index is 11.0. The summed E-state index contributed by atoms with van der Waals surface area (Å²) in [5, 5.41) is 0. The van der Waals surface area contributed by atoms with Crippen molar-refractivity contribution in [3.8, 4) is 12.0 Å². The van der Waals surface area contributed by atoms with Gasteiger partial charge in [-0.1, -0.05) is 12.8 Å². The number of carbonyl (C=O) groups excluding carboxylic acids is 1. The van der Waals surface area contributed by atoms with Crippen LogP contribution >= 0.6 is 0 Å². The van der Waals surface area contributed by atoms with Crippen LogP contribution in [0.3, 0.4) is 0 Å². The summed E-state index contributed by atoms with van der Waals surface area (Å²) in [5.41, 5.74) is 0. The van der Waals surface area contributed by atoms with Crippen LogP contribution in [0.15, 0.2) is 0 Å². The van der Waals surface area contributed by atoms with Crippen molar-refractivity contribution in [3.05, 3.63) is 0 Å². The zero-order valence-electron chi connectivity index (χ0n) is 6.89. The number of rotatable bonds is 1. The van der Waals surface area contributed by atoms with Gasteiger partial charge in [0.25, 0.3) is 0 Å². The molecular formula is C9H13NO. The molecule has 0 aromatic carbocycles. The molecule has 0 spiro atoms. The Bertz CT molecular complexity index is 199. The number of hydrogen-bond acceptors (Lipinski definition) is 1. The highest BCUT2D eigenvalue weighted by Crippen LogP contribution is 2.07. The predicted molar refractivity (Wildman–Crippen MR) is 43.6 cm³/mol. The fourth-order valence-electron chi connectivity index (χ4n) is 1.04. The molecule has 1 heterocycles. The van der Waals surface area contributed by atoms with E-state index in [2.05, 4.69) is 18.9 Å². The molecule has 1 amide bonds. The average Bonchev–Trinajstić information content (AvgIpc) is 2.37. The van der Waals surface area contributed by atoms with E-state index in [0.717, 1.165) is 25.8 Å². The Hall–Kier alpha value is -0.970. The Kier molecular flexibility index (Phi) is 2.97. The van der Waals surface area contributed by atoms with Crippen molar-refractivity contribution < 1.29 is 4.79 Å². The minimum Gasteiger partial charge on any atom is -0.274 e. The van der Waals surface area contributed by atoms with E-state index in [0.29, 0.717) is 6.42 Å². The predicted octanol–water partition coefficient (Wildman–Crippen LogP) is 1.37. The average molecular weight is 151 g/mol. The first-order chi connectivity index (χ1) is 5.34. The van der Waals surface area contributed by atoms with E-state index in [4.69, 9.17) is 0 Å².